The first-order valence-corrected chi connectivity index (χ1v) is 9.21. The van der Waals surface area contributed by atoms with E-state index in [4.69, 9.17) is 16.6 Å². The smallest absolute Gasteiger partial charge is 0.204 e. The van der Waals surface area contributed by atoms with Gasteiger partial charge in [0.2, 0.25) is 5.95 Å². The Morgan fingerprint density at radius 2 is 1.65 bits per heavy atom. The molecule has 2 atom stereocenters. The van der Waals surface area contributed by atoms with Crippen molar-refractivity contribution in [1.29, 1.82) is 0 Å². The number of anilines is 1. The van der Waals surface area contributed by atoms with Crippen LogP contribution in [0.1, 0.15) is 29.6 Å². The molecule has 4 aromatic rings. The van der Waals surface area contributed by atoms with Gasteiger partial charge in [-0.05, 0) is 41.8 Å². The molecule has 2 heterocycles. The average molecular weight is 360 g/mol. The molecule has 3 aromatic carbocycles. The molecule has 0 amide bonds. The number of nitrogens with one attached hydrogen (secondary N) is 1. The predicted molar refractivity (Wildman–Crippen MR) is 107 cm³/mol. The first-order valence-electron chi connectivity index (χ1n) is 8.83. The van der Waals surface area contributed by atoms with E-state index in [0.29, 0.717) is 0 Å². The van der Waals surface area contributed by atoms with Crippen molar-refractivity contribution in [3.05, 3.63) is 95.0 Å². The number of nitrogens with zero attached hydrogens (tertiary/aromatic N) is 2. The van der Waals surface area contributed by atoms with Gasteiger partial charge in [0.1, 0.15) is 0 Å². The number of halogens is 1. The quantitative estimate of drug-likeness (QED) is 0.487. The lowest BCUT2D eigenvalue weighted by Crippen LogP contribution is -2.27. The number of imidazole rings is 1. The van der Waals surface area contributed by atoms with E-state index in [9.17, 15) is 0 Å². The lowest BCUT2D eigenvalue weighted by Gasteiger charge is -2.33. The van der Waals surface area contributed by atoms with Crippen LogP contribution in [-0.4, -0.2) is 9.55 Å². The summed E-state index contributed by atoms with van der Waals surface area (Å²) < 4.78 is 2.31. The normalized spacial score (nSPS) is 19.1. The van der Waals surface area contributed by atoms with E-state index in [-0.39, 0.29) is 12.1 Å². The van der Waals surface area contributed by atoms with Crippen molar-refractivity contribution in [2.24, 2.45) is 0 Å². The molecule has 0 aliphatic carbocycles. The SMILES string of the molecule is Clc1cccc([C@@H]2C[C@@H](c3ccccc3)Nc3nc4ccccc4n32)c1. The maximum absolute atomic E-state index is 6.30. The summed E-state index contributed by atoms with van der Waals surface area (Å²) in [5.74, 6) is 0.913. The maximum atomic E-state index is 6.30. The van der Waals surface area contributed by atoms with E-state index in [0.717, 1.165) is 28.4 Å². The lowest BCUT2D eigenvalue weighted by atomic mass is 9.93. The summed E-state index contributed by atoms with van der Waals surface area (Å²) in [5.41, 5.74) is 4.64. The highest BCUT2D eigenvalue weighted by atomic mass is 35.5. The first kappa shape index (κ1) is 15.5. The van der Waals surface area contributed by atoms with Crippen LogP contribution in [0, 0.1) is 0 Å². The number of benzene rings is 3. The highest BCUT2D eigenvalue weighted by Gasteiger charge is 2.30. The van der Waals surface area contributed by atoms with Crippen molar-refractivity contribution < 1.29 is 0 Å². The van der Waals surface area contributed by atoms with Gasteiger partial charge in [-0.25, -0.2) is 4.98 Å². The number of hydrogen-bond donors (Lipinski definition) is 1. The van der Waals surface area contributed by atoms with Crippen LogP contribution in [0.5, 0.6) is 0 Å². The molecular formula is C22H18ClN3. The Balaban J connectivity index is 1.69. The van der Waals surface area contributed by atoms with Crippen LogP contribution >= 0.6 is 11.6 Å². The molecule has 0 fully saturated rings. The molecule has 1 aliphatic rings. The summed E-state index contributed by atoms with van der Waals surface area (Å²) in [7, 11) is 0. The highest BCUT2D eigenvalue weighted by molar-refractivity contribution is 6.30. The summed E-state index contributed by atoms with van der Waals surface area (Å²) in [4.78, 5) is 4.85. The highest BCUT2D eigenvalue weighted by Crippen LogP contribution is 2.41. The number of fused-ring (bicyclic) bond motifs is 3. The van der Waals surface area contributed by atoms with Gasteiger partial charge in [0.15, 0.2) is 0 Å². The lowest BCUT2D eigenvalue weighted by molar-refractivity contribution is 0.477. The molecule has 26 heavy (non-hydrogen) atoms. The second-order valence-corrected chi connectivity index (χ2v) is 7.14. The molecule has 0 saturated heterocycles. The standard InChI is InChI=1S/C22H18ClN3/c23-17-10-6-9-16(13-17)21-14-19(15-7-2-1-3-8-15)25-22-24-18-11-4-5-12-20(18)26(21)22/h1-13,19,21H,14H2,(H,24,25)/t19-,21-/m0/s1. The summed E-state index contributed by atoms with van der Waals surface area (Å²) in [6.07, 6.45) is 0.942. The fourth-order valence-corrected chi connectivity index (χ4v) is 4.11. The first-order chi connectivity index (χ1) is 12.8. The van der Waals surface area contributed by atoms with Crippen molar-refractivity contribution >= 4 is 28.6 Å². The van der Waals surface area contributed by atoms with Crippen molar-refractivity contribution in [3.63, 3.8) is 0 Å². The molecule has 3 nitrogen and oxygen atoms in total. The predicted octanol–water partition coefficient (Wildman–Crippen LogP) is 5.84. The van der Waals surface area contributed by atoms with Crippen molar-refractivity contribution in [2.75, 3.05) is 5.32 Å². The van der Waals surface area contributed by atoms with E-state index in [1.54, 1.807) is 0 Å². The molecule has 0 unspecified atom stereocenters. The number of hydrogen-bond acceptors (Lipinski definition) is 2. The van der Waals surface area contributed by atoms with Crippen molar-refractivity contribution in [2.45, 2.75) is 18.5 Å². The Morgan fingerprint density at radius 3 is 2.50 bits per heavy atom. The molecule has 0 radical (unpaired) electrons. The molecule has 1 aromatic heterocycles. The van der Waals surface area contributed by atoms with Gasteiger partial charge in [0.05, 0.1) is 23.1 Å². The minimum atomic E-state index is 0.183. The zero-order valence-electron chi connectivity index (χ0n) is 14.1. The van der Waals surface area contributed by atoms with Crippen LogP contribution in [0.3, 0.4) is 0 Å². The molecule has 0 spiro atoms. The number of aromatic nitrogens is 2. The third-order valence-electron chi connectivity index (χ3n) is 5.11. The molecule has 0 saturated carbocycles. The van der Waals surface area contributed by atoms with Gasteiger partial charge in [-0.15, -0.1) is 0 Å². The van der Waals surface area contributed by atoms with Crippen LogP contribution in [0.25, 0.3) is 11.0 Å². The van der Waals surface area contributed by atoms with Crippen LogP contribution in [0.2, 0.25) is 5.02 Å². The molecule has 1 aliphatic heterocycles. The summed E-state index contributed by atoms with van der Waals surface area (Å²) >= 11 is 6.30. The minimum Gasteiger partial charge on any atom is -0.349 e. The molecule has 5 rings (SSSR count). The van der Waals surface area contributed by atoms with Crippen LogP contribution < -0.4 is 5.32 Å². The van der Waals surface area contributed by atoms with Crippen LogP contribution in [-0.2, 0) is 0 Å². The van der Waals surface area contributed by atoms with Gasteiger partial charge in [-0.2, -0.15) is 0 Å². The van der Waals surface area contributed by atoms with Crippen LogP contribution in [0.4, 0.5) is 5.95 Å². The Bertz CT molecular complexity index is 1070. The second kappa shape index (κ2) is 6.19. The fraction of sp³-hybridized carbons (Fsp3) is 0.136. The Labute approximate surface area is 157 Å². The van der Waals surface area contributed by atoms with Gasteiger partial charge in [-0.3, -0.25) is 0 Å². The third-order valence-corrected chi connectivity index (χ3v) is 5.34. The average Bonchev–Trinajstić information content (AvgIpc) is 3.06. The number of rotatable bonds is 2. The molecule has 4 heteroatoms. The Hall–Kier alpha value is -2.78. The third kappa shape index (κ3) is 2.56. The van der Waals surface area contributed by atoms with Gasteiger partial charge < -0.3 is 9.88 Å². The largest absolute Gasteiger partial charge is 0.349 e. The zero-order valence-corrected chi connectivity index (χ0v) is 14.9. The fourth-order valence-electron chi connectivity index (χ4n) is 3.91. The van der Waals surface area contributed by atoms with E-state index in [2.05, 4.69) is 70.5 Å². The van der Waals surface area contributed by atoms with Crippen molar-refractivity contribution in [3.8, 4) is 0 Å². The second-order valence-electron chi connectivity index (χ2n) is 6.71. The summed E-state index contributed by atoms with van der Waals surface area (Å²) in [6.45, 7) is 0. The van der Waals surface area contributed by atoms with E-state index in [1.165, 1.54) is 11.1 Å². The van der Waals surface area contributed by atoms with Gasteiger partial charge in [0.25, 0.3) is 0 Å². The summed E-state index contributed by atoms with van der Waals surface area (Å²) in [6, 6.07) is 27.4. The van der Waals surface area contributed by atoms with Gasteiger partial charge in [-0.1, -0.05) is 66.2 Å². The van der Waals surface area contributed by atoms with E-state index in [1.807, 2.05) is 18.2 Å². The molecule has 0 bridgehead atoms. The Kier molecular flexibility index (Phi) is 3.68. The van der Waals surface area contributed by atoms with Gasteiger partial charge >= 0.3 is 0 Å². The minimum absolute atomic E-state index is 0.183. The molecule has 1 N–H and O–H groups in total. The van der Waals surface area contributed by atoms with Crippen LogP contribution in [0.15, 0.2) is 78.9 Å². The monoisotopic (exact) mass is 359 g/mol. The molecular weight excluding hydrogens is 342 g/mol. The van der Waals surface area contributed by atoms with E-state index >= 15 is 0 Å². The van der Waals surface area contributed by atoms with Crippen molar-refractivity contribution in [1.82, 2.24) is 9.55 Å². The molecule has 128 valence electrons. The topological polar surface area (TPSA) is 29.9 Å². The zero-order chi connectivity index (χ0) is 17.5. The summed E-state index contributed by atoms with van der Waals surface area (Å²) in [5, 5.41) is 4.40. The van der Waals surface area contributed by atoms with E-state index < -0.39 is 0 Å². The maximum Gasteiger partial charge on any atom is 0.204 e. The number of para-hydroxylation sites is 2. The van der Waals surface area contributed by atoms with Gasteiger partial charge in [0, 0.05) is 5.02 Å². The Morgan fingerprint density at radius 1 is 0.885 bits per heavy atom.